The quantitative estimate of drug-likeness (QED) is 0.641. The molecule has 0 bridgehead atoms. The molecule has 0 spiro atoms. The molecule has 1 heterocycles. The van der Waals surface area contributed by atoms with Crippen LogP contribution in [0.1, 0.15) is 20.3 Å². The summed E-state index contributed by atoms with van der Waals surface area (Å²) >= 11 is 0. The molecule has 0 saturated heterocycles. The van der Waals surface area contributed by atoms with Gasteiger partial charge in [0.05, 0.1) is 5.54 Å². The van der Waals surface area contributed by atoms with Crippen LogP contribution in [0.25, 0.3) is 0 Å². The average molecular weight is 206 g/mol. The predicted octanol–water partition coefficient (Wildman–Crippen LogP) is 2.82. The summed E-state index contributed by atoms with van der Waals surface area (Å²) in [6, 6.07) is 0. The molecule has 1 rings (SSSR count). The molecule has 0 radical (unpaired) electrons. The van der Waals surface area contributed by atoms with Crippen LogP contribution in [0.4, 0.5) is 0 Å². The first-order valence-corrected chi connectivity index (χ1v) is 5.32. The average Bonchev–Trinajstić information content (AvgIpc) is 2.32. The van der Waals surface area contributed by atoms with Crippen molar-refractivity contribution in [2.45, 2.75) is 25.8 Å². The van der Waals surface area contributed by atoms with Gasteiger partial charge in [0, 0.05) is 25.7 Å². The van der Waals surface area contributed by atoms with Crippen LogP contribution in [0.5, 0.6) is 0 Å². The Hall–Kier alpha value is -1.02. The van der Waals surface area contributed by atoms with E-state index in [0.717, 1.165) is 6.42 Å². The van der Waals surface area contributed by atoms with Gasteiger partial charge in [0.2, 0.25) is 0 Å². The Kier molecular flexibility index (Phi) is 3.10. The van der Waals surface area contributed by atoms with E-state index in [-0.39, 0.29) is 11.0 Å². The third kappa shape index (κ3) is 1.63. The molecule has 2 unspecified atom stereocenters. The zero-order valence-corrected chi connectivity index (χ0v) is 10.3. The fourth-order valence-corrected chi connectivity index (χ4v) is 2.11. The summed E-state index contributed by atoms with van der Waals surface area (Å²) in [6.45, 7) is 12.4. The highest BCUT2D eigenvalue weighted by molar-refractivity contribution is 5.19. The highest BCUT2D eigenvalue weighted by atomic mass is 15.6. The molecule has 0 aromatic carbocycles. The maximum Gasteiger partial charge on any atom is 0.0639 e. The number of nitrogens with zero attached hydrogens (tertiary/aromatic N) is 2. The molecule has 2 nitrogen and oxygen atoms in total. The highest BCUT2D eigenvalue weighted by Crippen LogP contribution is 2.42. The fraction of sp³-hybridized carbons (Fsp3) is 0.538. The zero-order chi connectivity index (χ0) is 11.7. The predicted molar refractivity (Wildman–Crippen MR) is 66.2 cm³/mol. The molecule has 0 N–H and O–H groups in total. The van der Waals surface area contributed by atoms with Crippen molar-refractivity contribution in [3.05, 3.63) is 37.6 Å². The van der Waals surface area contributed by atoms with Crippen LogP contribution in [0, 0.1) is 5.41 Å². The summed E-state index contributed by atoms with van der Waals surface area (Å²) in [7, 11) is 4.13. The van der Waals surface area contributed by atoms with Crippen molar-refractivity contribution in [2.24, 2.45) is 5.41 Å². The van der Waals surface area contributed by atoms with E-state index >= 15 is 0 Å². The Morgan fingerprint density at radius 2 is 1.80 bits per heavy atom. The van der Waals surface area contributed by atoms with Crippen LogP contribution in [-0.2, 0) is 0 Å². The second kappa shape index (κ2) is 3.86. The summed E-state index contributed by atoms with van der Waals surface area (Å²) in [5.41, 5.74) is -0.113. The summed E-state index contributed by atoms with van der Waals surface area (Å²) in [4.78, 5) is 0. The number of hydrogen-bond acceptors (Lipinski definition) is 2. The summed E-state index contributed by atoms with van der Waals surface area (Å²) in [6.07, 6.45) is 9.31. The van der Waals surface area contributed by atoms with Crippen molar-refractivity contribution in [2.75, 3.05) is 14.1 Å². The van der Waals surface area contributed by atoms with Gasteiger partial charge in [0.15, 0.2) is 0 Å². The molecular formula is C13H22N2. The van der Waals surface area contributed by atoms with Crippen LogP contribution in [0.2, 0.25) is 0 Å². The van der Waals surface area contributed by atoms with Gasteiger partial charge in [-0.1, -0.05) is 25.2 Å². The smallest absolute Gasteiger partial charge is 0.0639 e. The van der Waals surface area contributed by atoms with Crippen molar-refractivity contribution in [3.8, 4) is 0 Å². The van der Waals surface area contributed by atoms with E-state index < -0.39 is 0 Å². The minimum Gasteiger partial charge on any atom is -0.316 e. The third-order valence-corrected chi connectivity index (χ3v) is 4.01. The van der Waals surface area contributed by atoms with Gasteiger partial charge in [0.1, 0.15) is 0 Å². The molecule has 15 heavy (non-hydrogen) atoms. The second-order valence-electron chi connectivity index (χ2n) is 4.66. The molecule has 0 aromatic heterocycles. The van der Waals surface area contributed by atoms with Crippen molar-refractivity contribution < 1.29 is 0 Å². The molecule has 0 amide bonds. The SMILES string of the molecule is C=CC1(C)CC=CN(C)N(C)C1(C)C=C. The van der Waals surface area contributed by atoms with Gasteiger partial charge < -0.3 is 5.01 Å². The number of hydrazine groups is 1. The Morgan fingerprint density at radius 1 is 1.20 bits per heavy atom. The normalized spacial score (nSPS) is 37.5. The van der Waals surface area contributed by atoms with E-state index in [1.54, 1.807) is 0 Å². The maximum absolute atomic E-state index is 3.98. The van der Waals surface area contributed by atoms with E-state index in [1.807, 2.05) is 19.2 Å². The maximum atomic E-state index is 3.98. The van der Waals surface area contributed by atoms with E-state index in [1.165, 1.54) is 0 Å². The van der Waals surface area contributed by atoms with Crippen LogP contribution >= 0.6 is 0 Å². The molecule has 0 saturated carbocycles. The zero-order valence-electron chi connectivity index (χ0n) is 10.3. The Labute approximate surface area is 93.5 Å². The first-order chi connectivity index (χ1) is 6.91. The summed E-state index contributed by atoms with van der Waals surface area (Å²) in [5, 5.41) is 4.29. The van der Waals surface area contributed by atoms with E-state index in [0.29, 0.717) is 0 Å². The van der Waals surface area contributed by atoms with Crippen LogP contribution in [0.15, 0.2) is 37.6 Å². The van der Waals surface area contributed by atoms with Crippen molar-refractivity contribution in [1.82, 2.24) is 10.0 Å². The van der Waals surface area contributed by atoms with Crippen molar-refractivity contribution in [1.29, 1.82) is 0 Å². The van der Waals surface area contributed by atoms with Gasteiger partial charge in [-0.05, 0) is 13.3 Å². The largest absolute Gasteiger partial charge is 0.316 e. The molecule has 0 aliphatic carbocycles. The fourth-order valence-electron chi connectivity index (χ4n) is 2.11. The molecule has 2 atom stereocenters. The monoisotopic (exact) mass is 206 g/mol. The van der Waals surface area contributed by atoms with E-state index in [2.05, 4.69) is 56.3 Å². The van der Waals surface area contributed by atoms with Gasteiger partial charge in [-0.3, -0.25) is 0 Å². The van der Waals surface area contributed by atoms with Crippen LogP contribution in [-0.4, -0.2) is 29.7 Å². The Morgan fingerprint density at radius 3 is 2.27 bits per heavy atom. The van der Waals surface area contributed by atoms with Gasteiger partial charge in [-0.25, -0.2) is 5.01 Å². The Balaban J connectivity index is 3.24. The van der Waals surface area contributed by atoms with Gasteiger partial charge >= 0.3 is 0 Å². The number of allylic oxidation sites excluding steroid dienone is 1. The second-order valence-corrected chi connectivity index (χ2v) is 4.66. The van der Waals surface area contributed by atoms with Gasteiger partial charge in [-0.2, -0.15) is 0 Å². The van der Waals surface area contributed by atoms with E-state index in [4.69, 9.17) is 0 Å². The summed E-state index contributed by atoms with van der Waals surface area (Å²) < 4.78 is 0. The molecule has 0 fully saturated rings. The van der Waals surface area contributed by atoms with Gasteiger partial charge in [0.25, 0.3) is 0 Å². The molecular weight excluding hydrogens is 184 g/mol. The molecule has 84 valence electrons. The molecule has 1 aliphatic heterocycles. The first kappa shape index (κ1) is 12.1. The summed E-state index contributed by atoms with van der Waals surface area (Å²) in [5.74, 6) is 0. The lowest BCUT2D eigenvalue weighted by atomic mass is 9.69. The van der Waals surface area contributed by atoms with Crippen molar-refractivity contribution in [3.63, 3.8) is 0 Å². The van der Waals surface area contributed by atoms with Crippen LogP contribution in [0.3, 0.4) is 0 Å². The molecule has 2 heteroatoms. The lowest BCUT2D eigenvalue weighted by Gasteiger charge is -2.49. The first-order valence-electron chi connectivity index (χ1n) is 5.32. The standard InChI is InChI=1S/C13H22N2/c1-7-12(3)10-9-11-14(5)15(6)13(12,4)8-2/h7-9,11H,1-2,10H2,3-6H3. The van der Waals surface area contributed by atoms with Gasteiger partial charge in [-0.15, -0.1) is 13.2 Å². The molecule has 1 aliphatic rings. The topological polar surface area (TPSA) is 6.48 Å². The number of likely N-dealkylation sites (N-methyl/N-ethyl adjacent to an activating group) is 1. The third-order valence-electron chi connectivity index (χ3n) is 4.01. The lowest BCUT2D eigenvalue weighted by Crippen LogP contribution is -2.56. The van der Waals surface area contributed by atoms with Crippen LogP contribution < -0.4 is 0 Å². The Bertz CT molecular complexity index is 295. The van der Waals surface area contributed by atoms with E-state index in [9.17, 15) is 0 Å². The minimum absolute atomic E-state index is 0.00472. The number of rotatable bonds is 2. The minimum atomic E-state index is -0.118. The highest BCUT2D eigenvalue weighted by Gasteiger charge is 2.44. The number of hydrogen-bond donors (Lipinski definition) is 0. The van der Waals surface area contributed by atoms with Crippen molar-refractivity contribution >= 4 is 0 Å². The molecule has 0 aromatic rings. The lowest BCUT2D eigenvalue weighted by molar-refractivity contribution is -0.0448.